The first kappa shape index (κ1) is 28.2. The molecule has 7 rings (SSSR count). The van der Waals surface area contributed by atoms with Crippen molar-refractivity contribution < 1.29 is 4.57 Å². The second-order valence-electron chi connectivity index (χ2n) is 12.7. The van der Waals surface area contributed by atoms with Crippen molar-refractivity contribution in [3.8, 4) is 22.4 Å². The first-order valence-electron chi connectivity index (χ1n) is 15.7. The molecule has 5 aromatic carbocycles. The van der Waals surface area contributed by atoms with E-state index in [1.54, 1.807) is 0 Å². The number of hydrogen-bond donors (Lipinski definition) is 0. The molecule has 0 atom stereocenters. The SMILES string of the molecule is Cc1ccccc1-c1cc(-c2ccc3c(c2)B(c2c(C)cccc2C)c2ccccc2B3c2c(C)cccc2C)cc[n+]1C. The number of fused-ring (bicyclic) bond motifs is 2. The second-order valence-corrected chi connectivity index (χ2v) is 12.7. The smallest absolute Gasteiger partial charge is 0.201 e. The lowest BCUT2D eigenvalue weighted by molar-refractivity contribution is -0.660. The molecule has 0 saturated carbocycles. The average Bonchev–Trinajstić information content (AvgIpc) is 3.02. The van der Waals surface area contributed by atoms with Crippen LogP contribution in [0, 0.1) is 34.6 Å². The van der Waals surface area contributed by atoms with Gasteiger partial charge in [0.2, 0.25) is 19.1 Å². The molecule has 0 radical (unpaired) electrons. The largest absolute Gasteiger partial charge is 0.240 e. The van der Waals surface area contributed by atoms with Gasteiger partial charge in [0.25, 0.3) is 0 Å². The molecule has 1 aliphatic rings. The number of benzene rings is 5. The van der Waals surface area contributed by atoms with Crippen LogP contribution in [0.25, 0.3) is 22.4 Å². The molecule has 0 unspecified atom stereocenters. The summed E-state index contributed by atoms with van der Waals surface area (Å²) in [7, 11) is 2.14. The molecule has 0 fully saturated rings. The van der Waals surface area contributed by atoms with Gasteiger partial charge >= 0.3 is 0 Å². The van der Waals surface area contributed by atoms with Crippen molar-refractivity contribution >= 4 is 46.2 Å². The molecule has 0 N–H and O–H groups in total. The van der Waals surface area contributed by atoms with Gasteiger partial charge < -0.3 is 0 Å². The highest BCUT2D eigenvalue weighted by Gasteiger charge is 2.40. The van der Waals surface area contributed by atoms with Crippen LogP contribution in [0.1, 0.15) is 27.8 Å². The maximum Gasteiger partial charge on any atom is 0.240 e. The minimum absolute atomic E-state index is 0.165. The van der Waals surface area contributed by atoms with Crippen LogP contribution in [0.3, 0.4) is 0 Å². The van der Waals surface area contributed by atoms with Gasteiger partial charge in [0, 0.05) is 17.7 Å². The molecule has 212 valence electrons. The van der Waals surface area contributed by atoms with Crippen molar-refractivity contribution in [2.45, 2.75) is 34.6 Å². The van der Waals surface area contributed by atoms with Gasteiger partial charge in [-0.05, 0) is 57.4 Å². The Bertz CT molecular complexity index is 2020. The van der Waals surface area contributed by atoms with Gasteiger partial charge in [-0.25, -0.2) is 4.57 Å². The Balaban J connectivity index is 1.50. The molecule has 3 heteroatoms. The maximum absolute atomic E-state index is 2.50. The van der Waals surface area contributed by atoms with Crippen molar-refractivity contribution in [2.24, 2.45) is 7.05 Å². The van der Waals surface area contributed by atoms with E-state index in [2.05, 4.69) is 168 Å². The minimum atomic E-state index is 0.165. The summed E-state index contributed by atoms with van der Waals surface area (Å²) in [5, 5.41) is 0. The van der Waals surface area contributed by atoms with E-state index in [1.807, 2.05) is 0 Å². The van der Waals surface area contributed by atoms with E-state index in [-0.39, 0.29) is 13.4 Å². The van der Waals surface area contributed by atoms with Crippen LogP contribution in [0.15, 0.2) is 121 Å². The predicted octanol–water partition coefficient (Wildman–Crippen LogP) is 4.73. The van der Waals surface area contributed by atoms with E-state index in [1.165, 1.54) is 83.0 Å². The Morgan fingerprint density at radius 2 is 0.909 bits per heavy atom. The zero-order chi connectivity index (χ0) is 30.5. The summed E-state index contributed by atoms with van der Waals surface area (Å²) in [4.78, 5) is 0. The molecule has 6 aromatic rings. The molecular formula is C41H38B2N+. The summed E-state index contributed by atoms with van der Waals surface area (Å²) in [6.07, 6.45) is 2.20. The zero-order valence-corrected chi connectivity index (χ0v) is 26.6. The van der Waals surface area contributed by atoms with Crippen molar-refractivity contribution in [1.29, 1.82) is 0 Å². The fraction of sp³-hybridized carbons (Fsp3) is 0.146. The predicted molar refractivity (Wildman–Crippen MR) is 191 cm³/mol. The molecule has 0 aliphatic carbocycles. The highest BCUT2D eigenvalue weighted by molar-refractivity contribution is 7.11. The molecule has 0 bridgehead atoms. The molecule has 0 amide bonds. The molecular weight excluding hydrogens is 528 g/mol. The van der Waals surface area contributed by atoms with E-state index < -0.39 is 0 Å². The topological polar surface area (TPSA) is 3.88 Å². The number of aryl methyl sites for hydroxylation is 6. The summed E-state index contributed by atoms with van der Waals surface area (Å²) < 4.78 is 2.23. The van der Waals surface area contributed by atoms with Gasteiger partial charge in [-0.2, -0.15) is 0 Å². The van der Waals surface area contributed by atoms with Crippen LogP contribution in [0.4, 0.5) is 0 Å². The zero-order valence-electron chi connectivity index (χ0n) is 26.6. The fourth-order valence-electron chi connectivity index (χ4n) is 7.70. The summed E-state index contributed by atoms with van der Waals surface area (Å²) in [6, 6.07) is 43.2. The van der Waals surface area contributed by atoms with Gasteiger partial charge in [-0.15, -0.1) is 0 Å². The number of nitrogens with zero attached hydrogens (tertiary/aromatic N) is 1. The molecule has 0 saturated heterocycles. The number of pyridine rings is 1. The van der Waals surface area contributed by atoms with Crippen LogP contribution < -0.4 is 37.3 Å². The van der Waals surface area contributed by atoms with Gasteiger partial charge in [0.15, 0.2) is 6.20 Å². The van der Waals surface area contributed by atoms with Crippen LogP contribution in [-0.4, -0.2) is 13.4 Å². The monoisotopic (exact) mass is 566 g/mol. The van der Waals surface area contributed by atoms with Crippen LogP contribution in [0.2, 0.25) is 0 Å². The third-order valence-corrected chi connectivity index (χ3v) is 9.89. The van der Waals surface area contributed by atoms with Crippen LogP contribution in [-0.2, 0) is 7.05 Å². The Labute approximate surface area is 263 Å². The third-order valence-electron chi connectivity index (χ3n) is 9.89. The normalized spacial score (nSPS) is 12.2. The number of hydrogen-bond acceptors (Lipinski definition) is 0. The first-order valence-corrected chi connectivity index (χ1v) is 15.7. The summed E-state index contributed by atoms with van der Waals surface area (Å²) in [6.45, 7) is 11.6. The molecule has 1 nitrogen and oxygen atoms in total. The molecule has 0 spiro atoms. The summed E-state index contributed by atoms with van der Waals surface area (Å²) >= 11 is 0. The van der Waals surface area contributed by atoms with Crippen molar-refractivity contribution in [2.75, 3.05) is 0 Å². The van der Waals surface area contributed by atoms with E-state index in [0.717, 1.165) is 0 Å². The fourth-order valence-corrected chi connectivity index (χ4v) is 7.70. The molecule has 1 aliphatic heterocycles. The lowest BCUT2D eigenvalue weighted by Crippen LogP contribution is -2.75. The Morgan fingerprint density at radius 3 is 1.50 bits per heavy atom. The molecule has 2 heterocycles. The van der Waals surface area contributed by atoms with Crippen molar-refractivity contribution in [1.82, 2.24) is 0 Å². The highest BCUT2D eigenvalue weighted by atomic mass is 14.9. The molecule has 1 aromatic heterocycles. The van der Waals surface area contributed by atoms with E-state index >= 15 is 0 Å². The Morgan fingerprint density at radius 1 is 0.432 bits per heavy atom. The number of rotatable bonds is 4. The first-order chi connectivity index (χ1) is 21.3. The third kappa shape index (κ3) is 4.63. The van der Waals surface area contributed by atoms with E-state index in [0.29, 0.717) is 0 Å². The van der Waals surface area contributed by atoms with Gasteiger partial charge in [-0.3, -0.25) is 0 Å². The quantitative estimate of drug-likeness (QED) is 0.214. The Kier molecular flexibility index (Phi) is 7.13. The lowest BCUT2D eigenvalue weighted by Gasteiger charge is -2.34. The lowest BCUT2D eigenvalue weighted by atomic mass is 9.20. The van der Waals surface area contributed by atoms with Crippen LogP contribution >= 0.6 is 0 Å². The molecule has 44 heavy (non-hydrogen) atoms. The van der Waals surface area contributed by atoms with Gasteiger partial charge in [0.05, 0.1) is 0 Å². The minimum Gasteiger partial charge on any atom is -0.201 e. The average molecular weight is 566 g/mol. The van der Waals surface area contributed by atoms with Gasteiger partial charge in [-0.1, -0.05) is 152 Å². The Hall–Kier alpha value is -4.62. The van der Waals surface area contributed by atoms with Crippen LogP contribution in [0.5, 0.6) is 0 Å². The van der Waals surface area contributed by atoms with Crippen molar-refractivity contribution in [3.63, 3.8) is 0 Å². The van der Waals surface area contributed by atoms with E-state index in [9.17, 15) is 0 Å². The summed E-state index contributed by atoms with van der Waals surface area (Å²) in [5.41, 5.74) is 20.2. The van der Waals surface area contributed by atoms with E-state index in [4.69, 9.17) is 0 Å². The summed E-state index contributed by atoms with van der Waals surface area (Å²) in [5.74, 6) is 0. The highest BCUT2D eigenvalue weighted by Crippen LogP contribution is 2.25. The standard InChI is InChI=1S/C41H38B2N/c1-27-13-7-8-18-34(27)39-26-33(23-24-44(39)6)32-21-22-37-38(25-32)43(41-30(4)16-12-17-31(41)5)36-20-10-9-19-35(36)42(37)40-28(2)14-11-15-29(40)3/h7-26H,1-6H3/q+1. The second kappa shape index (κ2) is 11.1. The number of aromatic nitrogens is 1. The van der Waals surface area contributed by atoms with Gasteiger partial charge in [0.1, 0.15) is 7.05 Å². The van der Waals surface area contributed by atoms with Crippen molar-refractivity contribution in [3.05, 3.63) is 149 Å². The maximum atomic E-state index is 2.50.